The highest BCUT2D eigenvalue weighted by Crippen LogP contribution is 2.31. The number of benzene rings is 3. The van der Waals surface area contributed by atoms with E-state index in [1.165, 1.54) is 38.2 Å². The molecule has 0 unspecified atom stereocenters. The van der Waals surface area contributed by atoms with Crippen molar-refractivity contribution in [3.05, 3.63) is 77.6 Å². The van der Waals surface area contributed by atoms with E-state index in [2.05, 4.69) is 18.8 Å². The SMILES string of the molecule is CCC1CCC(C#Cc2ccc(-c3ccc4c(F)c(C=C(F)F)ccc4c3)cc2)CC1. The number of fused-ring (bicyclic) bond motifs is 1. The van der Waals surface area contributed by atoms with Gasteiger partial charge in [0.25, 0.3) is 6.08 Å². The summed E-state index contributed by atoms with van der Waals surface area (Å²) in [4.78, 5) is 0. The van der Waals surface area contributed by atoms with Gasteiger partial charge in [0, 0.05) is 28.5 Å². The second-order valence-corrected chi connectivity index (χ2v) is 8.31. The lowest BCUT2D eigenvalue weighted by molar-refractivity contribution is 0.309. The van der Waals surface area contributed by atoms with E-state index in [0.717, 1.165) is 22.6 Å². The average Bonchev–Trinajstić information content (AvgIpc) is 2.80. The lowest BCUT2D eigenvalue weighted by Crippen LogP contribution is -2.12. The third kappa shape index (κ3) is 5.02. The first-order valence-electron chi connectivity index (χ1n) is 10.9. The van der Waals surface area contributed by atoms with E-state index in [9.17, 15) is 13.2 Å². The Morgan fingerprint density at radius 2 is 1.65 bits per heavy atom. The summed E-state index contributed by atoms with van der Waals surface area (Å²) in [7, 11) is 0. The largest absolute Gasteiger partial charge is 0.271 e. The summed E-state index contributed by atoms with van der Waals surface area (Å²) in [5, 5.41) is 1.01. The minimum Gasteiger partial charge on any atom is -0.206 e. The summed E-state index contributed by atoms with van der Waals surface area (Å²) in [6.45, 7) is 2.27. The molecule has 0 spiro atoms. The van der Waals surface area contributed by atoms with Crippen molar-refractivity contribution in [2.75, 3.05) is 0 Å². The van der Waals surface area contributed by atoms with Crippen molar-refractivity contribution in [3.63, 3.8) is 0 Å². The lowest BCUT2D eigenvalue weighted by atomic mass is 9.81. The van der Waals surface area contributed by atoms with Crippen LogP contribution in [0.5, 0.6) is 0 Å². The first kappa shape index (κ1) is 21.2. The zero-order chi connectivity index (χ0) is 21.8. The van der Waals surface area contributed by atoms with Crippen LogP contribution in [0.25, 0.3) is 28.0 Å². The molecule has 0 saturated heterocycles. The van der Waals surface area contributed by atoms with E-state index in [4.69, 9.17) is 0 Å². The third-order valence-electron chi connectivity index (χ3n) is 6.31. The molecule has 0 nitrogen and oxygen atoms in total. The molecular weight excluding hydrogens is 393 g/mol. The third-order valence-corrected chi connectivity index (χ3v) is 6.31. The smallest absolute Gasteiger partial charge is 0.206 e. The normalized spacial score (nSPS) is 18.3. The molecule has 0 heterocycles. The Bertz CT molecular complexity index is 1150. The van der Waals surface area contributed by atoms with Gasteiger partial charge in [0.1, 0.15) is 5.82 Å². The molecule has 3 heteroatoms. The van der Waals surface area contributed by atoms with E-state index in [0.29, 0.717) is 22.8 Å². The summed E-state index contributed by atoms with van der Waals surface area (Å²) < 4.78 is 39.5. The molecule has 4 rings (SSSR count). The first-order chi connectivity index (χ1) is 15.0. The minimum atomic E-state index is -1.91. The summed E-state index contributed by atoms with van der Waals surface area (Å²) >= 11 is 0. The van der Waals surface area contributed by atoms with Gasteiger partial charge in [-0.05, 0) is 66.3 Å². The predicted molar refractivity (Wildman–Crippen MR) is 122 cm³/mol. The molecule has 0 N–H and O–H groups in total. The lowest BCUT2D eigenvalue weighted by Gasteiger charge is -2.24. The molecular formula is C28H25F3. The van der Waals surface area contributed by atoms with Gasteiger partial charge in [0.15, 0.2) is 0 Å². The summed E-state index contributed by atoms with van der Waals surface area (Å²) in [6.07, 6.45) is 4.90. The van der Waals surface area contributed by atoms with Crippen LogP contribution in [0.15, 0.2) is 60.7 Å². The van der Waals surface area contributed by atoms with Crippen molar-refractivity contribution in [2.24, 2.45) is 11.8 Å². The summed E-state index contributed by atoms with van der Waals surface area (Å²) in [6, 6.07) is 16.5. The molecule has 0 bridgehead atoms. The fourth-order valence-corrected chi connectivity index (χ4v) is 4.36. The van der Waals surface area contributed by atoms with Gasteiger partial charge in [0.05, 0.1) is 0 Å². The minimum absolute atomic E-state index is 0.105. The molecule has 1 aliphatic rings. The summed E-state index contributed by atoms with van der Waals surface area (Å²) in [5.74, 6) is 7.51. The summed E-state index contributed by atoms with van der Waals surface area (Å²) in [5.41, 5.74) is 2.85. The maximum atomic E-state index is 14.5. The highest BCUT2D eigenvalue weighted by molar-refractivity contribution is 5.89. The quantitative estimate of drug-likeness (QED) is 0.374. The van der Waals surface area contributed by atoms with Crippen molar-refractivity contribution in [1.82, 2.24) is 0 Å². The van der Waals surface area contributed by atoms with Crippen LogP contribution in [0.2, 0.25) is 0 Å². The Labute approximate surface area is 181 Å². The van der Waals surface area contributed by atoms with Crippen molar-refractivity contribution >= 4 is 16.8 Å². The van der Waals surface area contributed by atoms with Gasteiger partial charge in [-0.3, -0.25) is 0 Å². The molecule has 158 valence electrons. The molecule has 3 aromatic carbocycles. The average molecular weight is 419 g/mol. The Morgan fingerprint density at radius 1 is 0.935 bits per heavy atom. The molecule has 0 amide bonds. The molecule has 3 aromatic rings. The van der Waals surface area contributed by atoms with Crippen molar-refractivity contribution in [2.45, 2.75) is 39.0 Å². The zero-order valence-corrected chi connectivity index (χ0v) is 17.6. The highest BCUT2D eigenvalue weighted by atomic mass is 19.3. The fourth-order valence-electron chi connectivity index (χ4n) is 4.36. The van der Waals surface area contributed by atoms with Crippen LogP contribution in [0.4, 0.5) is 13.2 Å². The molecule has 0 atom stereocenters. The molecule has 1 saturated carbocycles. The number of hydrogen-bond acceptors (Lipinski definition) is 0. The fraction of sp³-hybridized carbons (Fsp3) is 0.286. The standard InChI is InChI=1S/C28H25F3/c1-2-19-3-5-20(6-4-19)7-8-21-9-11-22(12-10-21)23-15-16-26-24(17-23)13-14-25(28(26)31)18-27(29)30/h9-20H,2-6H2,1H3. The maximum Gasteiger partial charge on any atom is 0.271 e. The van der Waals surface area contributed by atoms with Crippen LogP contribution < -0.4 is 0 Å². The monoisotopic (exact) mass is 418 g/mol. The van der Waals surface area contributed by atoms with Crippen LogP contribution >= 0.6 is 0 Å². The van der Waals surface area contributed by atoms with Crippen molar-refractivity contribution in [1.29, 1.82) is 0 Å². The molecule has 0 radical (unpaired) electrons. The Balaban J connectivity index is 1.51. The molecule has 0 aliphatic heterocycles. The van der Waals surface area contributed by atoms with Crippen molar-refractivity contribution < 1.29 is 13.2 Å². The molecule has 0 aromatic heterocycles. The van der Waals surface area contributed by atoms with Crippen LogP contribution in [0, 0.1) is 29.5 Å². The van der Waals surface area contributed by atoms with Gasteiger partial charge in [-0.1, -0.05) is 61.6 Å². The van der Waals surface area contributed by atoms with E-state index in [1.54, 1.807) is 12.1 Å². The van der Waals surface area contributed by atoms with Gasteiger partial charge in [-0.15, -0.1) is 0 Å². The van der Waals surface area contributed by atoms with Crippen LogP contribution in [-0.2, 0) is 0 Å². The van der Waals surface area contributed by atoms with Gasteiger partial charge in [-0.2, -0.15) is 8.78 Å². The van der Waals surface area contributed by atoms with E-state index in [1.807, 2.05) is 36.4 Å². The van der Waals surface area contributed by atoms with Crippen LogP contribution in [-0.4, -0.2) is 0 Å². The number of hydrogen-bond donors (Lipinski definition) is 0. The van der Waals surface area contributed by atoms with E-state index in [-0.39, 0.29) is 5.56 Å². The number of halogens is 3. The van der Waals surface area contributed by atoms with Gasteiger partial charge < -0.3 is 0 Å². The number of rotatable bonds is 3. The zero-order valence-electron chi connectivity index (χ0n) is 17.6. The molecule has 1 aliphatic carbocycles. The van der Waals surface area contributed by atoms with E-state index < -0.39 is 11.9 Å². The highest BCUT2D eigenvalue weighted by Gasteiger charge is 2.18. The van der Waals surface area contributed by atoms with E-state index >= 15 is 0 Å². The maximum absolute atomic E-state index is 14.5. The van der Waals surface area contributed by atoms with Gasteiger partial charge in [-0.25, -0.2) is 4.39 Å². The molecule has 1 fully saturated rings. The Hall–Kier alpha value is -2.99. The second kappa shape index (κ2) is 9.43. The Kier molecular flexibility index (Phi) is 6.47. The topological polar surface area (TPSA) is 0 Å². The van der Waals surface area contributed by atoms with Gasteiger partial charge in [0.2, 0.25) is 0 Å². The Morgan fingerprint density at radius 3 is 2.32 bits per heavy atom. The molecule has 31 heavy (non-hydrogen) atoms. The first-order valence-corrected chi connectivity index (χ1v) is 10.9. The van der Waals surface area contributed by atoms with Gasteiger partial charge >= 0.3 is 0 Å². The van der Waals surface area contributed by atoms with Crippen molar-refractivity contribution in [3.8, 4) is 23.0 Å². The van der Waals surface area contributed by atoms with Crippen LogP contribution in [0.1, 0.15) is 50.2 Å². The second-order valence-electron chi connectivity index (χ2n) is 8.31. The van der Waals surface area contributed by atoms with Crippen LogP contribution in [0.3, 0.4) is 0 Å². The predicted octanol–water partition coefficient (Wildman–Crippen LogP) is 8.45.